The van der Waals surface area contributed by atoms with Crippen LogP contribution in [0.4, 0.5) is 0 Å². The molecule has 0 unspecified atom stereocenters. The van der Waals surface area contributed by atoms with Crippen LogP contribution in [0.1, 0.15) is 63.8 Å². The number of hydrogen-bond donors (Lipinski definition) is 1. The molecule has 2 aliphatic heterocycles. The van der Waals surface area contributed by atoms with Crippen molar-refractivity contribution < 1.29 is 19.4 Å². The standard InChI is InChI=1S/C20H29N3O4/c1-13(2)23-16(7-9-21-23)17-15(6-4-10-27-17)18(24)22-11-14-5-3-8-20(14,12-22)19(25)26/h7,9,13-15,17H,3-6,8,10-12H2,1-2H3,(H,25,26)/t14-,15+,17+,20+/m0/s1. The summed E-state index contributed by atoms with van der Waals surface area (Å²) in [4.78, 5) is 27.2. The van der Waals surface area contributed by atoms with E-state index in [0.717, 1.165) is 31.4 Å². The second kappa shape index (κ2) is 6.93. The number of carboxylic acids is 1. The Labute approximate surface area is 159 Å². The Hall–Kier alpha value is -1.89. The highest BCUT2D eigenvalue weighted by Crippen LogP contribution is 2.50. The molecule has 148 valence electrons. The average molecular weight is 375 g/mol. The van der Waals surface area contributed by atoms with Crippen LogP contribution in [-0.2, 0) is 14.3 Å². The molecule has 2 saturated heterocycles. The van der Waals surface area contributed by atoms with Crippen molar-refractivity contribution in [2.24, 2.45) is 17.3 Å². The van der Waals surface area contributed by atoms with E-state index in [0.29, 0.717) is 26.1 Å². The molecule has 1 aliphatic carbocycles. The minimum atomic E-state index is -0.741. The summed E-state index contributed by atoms with van der Waals surface area (Å²) in [5.74, 6) is -0.874. The van der Waals surface area contributed by atoms with Crippen molar-refractivity contribution in [2.75, 3.05) is 19.7 Å². The van der Waals surface area contributed by atoms with Crippen LogP contribution in [0, 0.1) is 17.3 Å². The molecule has 3 heterocycles. The fourth-order valence-electron chi connectivity index (χ4n) is 5.35. The van der Waals surface area contributed by atoms with Crippen LogP contribution < -0.4 is 0 Å². The highest BCUT2D eigenvalue weighted by Gasteiger charge is 2.56. The molecule has 1 saturated carbocycles. The van der Waals surface area contributed by atoms with E-state index in [9.17, 15) is 14.7 Å². The SMILES string of the molecule is CC(C)n1nccc1[C@@H]1OCCC[C@H]1C(=O)N1C[C@@H]2CCC[C@@]2(C(=O)O)C1. The van der Waals surface area contributed by atoms with Gasteiger partial charge >= 0.3 is 5.97 Å². The van der Waals surface area contributed by atoms with Gasteiger partial charge in [0.05, 0.1) is 17.0 Å². The lowest BCUT2D eigenvalue weighted by Crippen LogP contribution is -2.42. The quantitative estimate of drug-likeness (QED) is 0.874. The van der Waals surface area contributed by atoms with Crippen LogP contribution in [0.15, 0.2) is 12.3 Å². The molecule has 1 aromatic heterocycles. The molecule has 3 aliphatic rings. The number of aliphatic carboxylic acids is 1. The van der Waals surface area contributed by atoms with Gasteiger partial charge in [0.1, 0.15) is 6.10 Å². The van der Waals surface area contributed by atoms with Crippen molar-refractivity contribution in [1.82, 2.24) is 14.7 Å². The third kappa shape index (κ3) is 2.96. The Kier molecular flexibility index (Phi) is 4.74. The highest BCUT2D eigenvalue weighted by molar-refractivity contribution is 5.83. The summed E-state index contributed by atoms with van der Waals surface area (Å²) >= 11 is 0. The van der Waals surface area contributed by atoms with E-state index in [1.54, 1.807) is 11.1 Å². The van der Waals surface area contributed by atoms with Gasteiger partial charge in [-0.25, -0.2) is 0 Å². The predicted molar refractivity (Wildman–Crippen MR) is 98.0 cm³/mol. The monoisotopic (exact) mass is 375 g/mol. The van der Waals surface area contributed by atoms with Crippen molar-refractivity contribution >= 4 is 11.9 Å². The molecular weight excluding hydrogens is 346 g/mol. The molecule has 4 rings (SSSR count). The Morgan fingerprint density at radius 1 is 1.33 bits per heavy atom. The van der Waals surface area contributed by atoms with E-state index in [4.69, 9.17) is 4.74 Å². The average Bonchev–Trinajstić information content (AvgIpc) is 3.34. The van der Waals surface area contributed by atoms with Gasteiger partial charge in [-0.2, -0.15) is 5.10 Å². The number of hydrogen-bond acceptors (Lipinski definition) is 4. The first-order valence-corrected chi connectivity index (χ1v) is 10.1. The maximum Gasteiger partial charge on any atom is 0.311 e. The van der Waals surface area contributed by atoms with E-state index >= 15 is 0 Å². The molecule has 1 amide bonds. The van der Waals surface area contributed by atoms with E-state index in [2.05, 4.69) is 18.9 Å². The molecule has 7 heteroatoms. The van der Waals surface area contributed by atoms with Gasteiger partial charge in [0, 0.05) is 31.9 Å². The zero-order valence-electron chi connectivity index (χ0n) is 16.1. The van der Waals surface area contributed by atoms with Crippen LogP contribution in [0.2, 0.25) is 0 Å². The van der Waals surface area contributed by atoms with E-state index in [1.807, 2.05) is 10.7 Å². The Morgan fingerprint density at radius 3 is 2.85 bits per heavy atom. The summed E-state index contributed by atoms with van der Waals surface area (Å²) in [5.41, 5.74) is 0.204. The van der Waals surface area contributed by atoms with Gasteiger partial charge in [0.15, 0.2) is 0 Å². The smallest absolute Gasteiger partial charge is 0.311 e. The van der Waals surface area contributed by atoms with Crippen molar-refractivity contribution in [3.05, 3.63) is 18.0 Å². The number of fused-ring (bicyclic) bond motifs is 1. The zero-order valence-corrected chi connectivity index (χ0v) is 16.1. The van der Waals surface area contributed by atoms with Crippen molar-refractivity contribution in [1.29, 1.82) is 0 Å². The van der Waals surface area contributed by atoms with Crippen LogP contribution >= 0.6 is 0 Å². The number of carbonyl (C=O) groups excluding carboxylic acids is 1. The number of ether oxygens (including phenoxy) is 1. The number of nitrogens with zero attached hydrogens (tertiary/aromatic N) is 3. The molecule has 0 radical (unpaired) electrons. The molecule has 27 heavy (non-hydrogen) atoms. The number of carboxylic acid groups (broad SMARTS) is 1. The topological polar surface area (TPSA) is 84.7 Å². The lowest BCUT2D eigenvalue weighted by atomic mass is 9.81. The maximum absolute atomic E-state index is 13.4. The summed E-state index contributed by atoms with van der Waals surface area (Å²) in [6.07, 6.45) is 5.61. The lowest BCUT2D eigenvalue weighted by Gasteiger charge is -2.34. The highest BCUT2D eigenvalue weighted by atomic mass is 16.5. The molecule has 0 spiro atoms. The molecule has 7 nitrogen and oxygen atoms in total. The second-order valence-corrected chi connectivity index (χ2v) is 8.60. The lowest BCUT2D eigenvalue weighted by molar-refractivity contribution is -0.150. The summed E-state index contributed by atoms with van der Waals surface area (Å²) < 4.78 is 7.97. The van der Waals surface area contributed by atoms with Crippen LogP contribution in [-0.4, -0.2) is 51.4 Å². The minimum Gasteiger partial charge on any atom is -0.481 e. The second-order valence-electron chi connectivity index (χ2n) is 8.60. The zero-order chi connectivity index (χ0) is 19.2. The van der Waals surface area contributed by atoms with Gasteiger partial charge in [-0.15, -0.1) is 0 Å². The molecule has 4 atom stereocenters. The minimum absolute atomic E-state index is 0.0474. The van der Waals surface area contributed by atoms with Gasteiger partial charge < -0.3 is 14.7 Å². The summed E-state index contributed by atoms with van der Waals surface area (Å²) in [6, 6.07) is 2.13. The summed E-state index contributed by atoms with van der Waals surface area (Å²) in [7, 11) is 0. The van der Waals surface area contributed by atoms with E-state index in [-0.39, 0.29) is 29.9 Å². The molecule has 1 N–H and O–H groups in total. The fourth-order valence-corrected chi connectivity index (χ4v) is 5.35. The molecule has 3 fully saturated rings. The van der Waals surface area contributed by atoms with Crippen LogP contribution in [0.3, 0.4) is 0 Å². The van der Waals surface area contributed by atoms with E-state index < -0.39 is 11.4 Å². The number of amides is 1. The van der Waals surface area contributed by atoms with Gasteiger partial charge in [-0.1, -0.05) is 6.42 Å². The number of rotatable bonds is 4. The van der Waals surface area contributed by atoms with Gasteiger partial charge in [0.25, 0.3) is 0 Å². The molecule has 1 aromatic rings. The first-order chi connectivity index (χ1) is 12.9. The third-order valence-corrected chi connectivity index (χ3v) is 6.73. The largest absolute Gasteiger partial charge is 0.481 e. The normalized spacial score (nSPS) is 33.4. The molecular formula is C20H29N3O4. The van der Waals surface area contributed by atoms with Crippen molar-refractivity contribution in [3.63, 3.8) is 0 Å². The Balaban J connectivity index is 1.57. The van der Waals surface area contributed by atoms with E-state index in [1.165, 1.54) is 0 Å². The van der Waals surface area contributed by atoms with Crippen LogP contribution in [0.25, 0.3) is 0 Å². The van der Waals surface area contributed by atoms with Crippen molar-refractivity contribution in [3.8, 4) is 0 Å². The third-order valence-electron chi connectivity index (χ3n) is 6.73. The Morgan fingerprint density at radius 2 is 2.15 bits per heavy atom. The summed E-state index contributed by atoms with van der Waals surface area (Å²) in [6.45, 7) is 5.68. The molecule has 0 aromatic carbocycles. The Bertz CT molecular complexity index is 731. The van der Waals surface area contributed by atoms with Gasteiger partial charge in [-0.3, -0.25) is 14.3 Å². The number of aromatic nitrogens is 2. The maximum atomic E-state index is 13.4. The van der Waals surface area contributed by atoms with Gasteiger partial charge in [-0.05, 0) is 51.5 Å². The van der Waals surface area contributed by atoms with Gasteiger partial charge in [0.2, 0.25) is 5.91 Å². The fraction of sp³-hybridized carbons (Fsp3) is 0.750. The first kappa shape index (κ1) is 18.5. The van der Waals surface area contributed by atoms with Crippen LogP contribution in [0.5, 0.6) is 0 Å². The summed E-state index contributed by atoms with van der Waals surface area (Å²) in [5, 5.41) is 14.2. The van der Waals surface area contributed by atoms with Crippen molar-refractivity contribution in [2.45, 2.75) is 58.1 Å². The first-order valence-electron chi connectivity index (χ1n) is 10.1. The predicted octanol–water partition coefficient (Wildman–Crippen LogP) is 2.65. The number of likely N-dealkylation sites (tertiary alicyclic amines) is 1. The number of carbonyl (C=O) groups is 2. The molecule has 0 bridgehead atoms.